The van der Waals surface area contributed by atoms with Crippen molar-refractivity contribution in [1.29, 1.82) is 0 Å². The highest BCUT2D eigenvalue weighted by Gasteiger charge is 2.30. The summed E-state index contributed by atoms with van der Waals surface area (Å²) >= 11 is 0. The van der Waals surface area contributed by atoms with E-state index in [0.717, 1.165) is 128 Å². The van der Waals surface area contributed by atoms with Gasteiger partial charge in [-0.25, -0.2) is 9.13 Å². The maximum atomic E-state index is 13.1. The maximum Gasteiger partial charge on any atom is 0.472 e. The summed E-state index contributed by atoms with van der Waals surface area (Å²) in [6, 6.07) is 0. The van der Waals surface area contributed by atoms with Crippen molar-refractivity contribution >= 4 is 39.5 Å². The molecule has 98 heavy (non-hydrogen) atoms. The topological polar surface area (TPSA) is 237 Å². The van der Waals surface area contributed by atoms with E-state index in [1.807, 2.05) is 12.2 Å². The second kappa shape index (κ2) is 71.6. The van der Waals surface area contributed by atoms with Crippen molar-refractivity contribution in [2.75, 3.05) is 39.6 Å². The third-order valence-corrected chi connectivity index (χ3v) is 18.3. The number of ether oxygens (including phenoxy) is 4. The Morgan fingerprint density at radius 3 is 0.878 bits per heavy atom. The molecular formula is C79H140O17P2. The van der Waals surface area contributed by atoms with Crippen LogP contribution in [0, 0.1) is 0 Å². The van der Waals surface area contributed by atoms with Crippen LogP contribution >= 0.6 is 15.6 Å². The number of phosphoric acid groups is 2. The van der Waals surface area contributed by atoms with E-state index in [1.54, 1.807) is 0 Å². The highest BCUT2D eigenvalue weighted by Crippen LogP contribution is 2.45. The number of carbonyl (C=O) groups is 4. The molecule has 0 fully saturated rings. The molecule has 0 aromatic heterocycles. The van der Waals surface area contributed by atoms with Gasteiger partial charge in [0.1, 0.15) is 19.3 Å². The molecule has 0 radical (unpaired) electrons. The highest BCUT2D eigenvalue weighted by molar-refractivity contribution is 7.47. The fraction of sp³-hybridized carbons (Fsp3) is 0.772. The van der Waals surface area contributed by atoms with E-state index in [1.165, 1.54) is 122 Å². The number of hydrogen-bond donors (Lipinski definition) is 3. The molecule has 0 heterocycles. The van der Waals surface area contributed by atoms with Crippen LogP contribution in [0.5, 0.6) is 0 Å². The number of allylic oxidation sites excluding steroid dienone is 14. The van der Waals surface area contributed by atoms with Gasteiger partial charge in [0.25, 0.3) is 0 Å². The predicted octanol–water partition coefficient (Wildman–Crippen LogP) is 22.2. The number of aliphatic hydroxyl groups is 1. The Labute approximate surface area is 595 Å². The molecule has 17 nitrogen and oxygen atoms in total. The van der Waals surface area contributed by atoms with Gasteiger partial charge in [0, 0.05) is 25.7 Å². The second-order valence-electron chi connectivity index (χ2n) is 25.9. The van der Waals surface area contributed by atoms with Crippen molar-refractivity contribution in [2.45, 2.75) is 354 Å². The van der Waals surface area contributed by atoms with Gasteiger partial charge in [-0.1, -0.05) is 299 Å². The van der Waals surface area contributed by atoms with Crippen LogP contribution in [-0.4, -0.2) is 96.7 Å². The molecule has 0 aliphatic heterocycles. The summed E-state index contributed by atoms with van der Waals surface area (Å²) in [6.07, 6.45) is 72.9. The lowest BCUT2D eigenvalue weighted by atomic mass is 10.0. The molecule has 568 valence electrons. The van der Waals surface area contributed by atoms with Crippen LogP contribution in [0.4, 0.5) is 0 Å². The zero-order chi connectivity index (χ0) is 71.8. The Bertz CT molecular complexity index is 2190. The predicted molar refractivity (Wildman–Crippen MR) is 399 cm³/mol. The zero-order valence-electron chi connectivity index (χ0n) is 62.0. The Balaban J connectivity index is 5.37. The number of unbranched alkanes of at least 4 members (excludes halogenated alkanes) is 33. The molecule has 0 aromatic carbocycles. The minimum Gasteiger partial charge on any atom is -0.462 e. The first-order valence-electron chi connectivity index (χ1n) is 38.8. The van der Waals surface area contributed by atoms with E-state index in [2.05, 4.69) is 101 Å². The zero-order valence-corrected chi connectivity index (χ0v) is 63.7. The van der Waals surface area contributed by atoms with Crippen LogP contribution in [0.3, 0.4) is 0 Å². The lowest BCUT2D eigenvalue weighted by Crippen LogP contribution is -2.30. The van der Waals surface area contributed by atoms with E-state index in [-0.39, 0.29) is 25.7 Å². The summed E-state index contributed by atoms with van der Waals surface area (Å²) in [5.74, 6) is -2.23. The monoisotopic (exact) mass is 1420 g/mol. The van der Waals surface area contributed by atoms with Gasteiger partial charge in [-0.2, -0.15) is 0 Å². The highest BCUT2D eigenvalue weighted by atomic mass is 31.2. The molecule has 0 aliphatic rings. The molecule has 0 spiro atoms. The van der Waals surface area contributed by atoms with Gasteiger partial charge in [0.2, 0.25) is 0 Å². The van der Waals surface area contributed by atoms with Crippen LogP contribution in [0.1, 0.15) is 336 Å². The fourth-order valence-corrected chi connectivity index (χ4v) is 12.0. The molecule has 0 aliphatic carbocycles. The van der Waals surface area contributed by atoms with Gasteiger partial charge in [0.15, 0.2) is 12.2 Å². The van der Waals surface area contributed by atoms with Crippen molar-refractivity contribution < 1.29 is 80.2 Å². The average molecular weight is 1420 g/mol. The first kappa shape index (κ1) is 94.2. The van der Waals surface area contributed by atoms with Gasteiger partial charge in [0.05, 0.1) is 26.4 Å². The molecule has 0 amide bonds. The third-order valence-electron chi connectivity index (χ3n) is 16.4. The molecule has 0 rings (SSSR count). The number of phosphoric ester groups is 2. The molecular weight excluding hydrogens is 1280 g/mol. The average Bonchev–Trinajstić information content (AvgIpc) is 0.969. The van der Waals surface area contributed by atoms with Gasteiger partial charge in [-0.15, -0.1) is 0 Å². The number of hydrogen-bond acceptors (Lipinski definition) is 15. The summed E-state index contributed by atoms with van der Waals surface area (Å²) in [5.41, 5.74) is 0. The van der Waals surface area contributed by atoms with E-state index in [0.29, 0.717) is 32.1 Å². The van der Waals surface area contributed by atoms with Crippen LogP contribution in [0.2, 0.25) is 0 Å². The normalized spacial score (nSPS) is 14.4. The van der Waals surface area contributed by atoms with Gasteiger partial charge in [-0.05, 0) is 96.3 Å². The molecule has 19 heteroatoms. The Morgan fingerprint density at radius 1 is 0.296 bits per heavy atom. The fourth-order valence-electron chi connectivity index (χ4n) is 10.5. The van der Waals surface area contributed by atoms with Crippen LogP contribution < -0.4 is 0 Å². The molecule has 3 N–H and O–H groups in total. The van der Waals surface area contributed by atoms with Crippen molar-refractivity contribution in [3.63, 3.8) is 0 Å². The number of rotatable bonds is 73. The van der Waals surface area contributed by atoms with Crippen LogP contribution in [-0.2, 0) is 65.4 Å². The number of esters is 4. The van der Waals surface area contributed by atoms with E-state index in [4.69, 9.17) is 37.0 Å². The second-order valence-corrected chi connectivity index (χ2v) is 28.8. The smallest absolute Gasteiger partial charge is 0.462 e. The standard InChI is InChI=1S/C79H140O17P2/c1-5-9-13-17-21-25-29-33-35-36-38-42-44-48-52-56-60-64-77(82)90-70-75(96-79(84)66-62-58-54-50-46-40-32-28-24-20-16-12-8-4)72-94-98(87,88)92-68-73(80)67-91-97(85,86)93-71-74(95-78(83)65-61-57-53-49-45-39-31-27-23-19-15-11-7-3)69-89-76(81)63-59-55-51-47-43-41-37-34-30-26-22-18-14-10-6-2/h9,13,21-22,25-26,33-35,37-38,42,48,52,73-75,80H,5-8,10-12,14-20,23-24,27-32,36,39-41,43-47,49-51,53-72H2,1-4H3,(H,85,86)(H,87,88)/b13-9-,25-21-,26-22-,35-33-,37-34-,42-38-,52-48-. The largest absolute Gasteiger partial charge is 0.472 e. The Kier molecular flexibility index (Phi) is 68.9. The minimum absolute atomic E-state index is 0.0859. The van der Waals surface area contributed by atoms with Crippen LogP contribution in [0.25, 0.3) is 0 Å². The van der Waals surface area contributed by atoms with Gasteiger partial charge >= 0.3 is 39.5 Å². The summed E-state index contributed by atoms with van der Waals surface area (Å²) in [6.45, 7) is 4.70. The van der Waals surface area contributed by atoms with Crippen molar-refractivity contribution in [1.82, 2.24) is 0 Å². The Morgan fingerprint density at radius 2 is 0.541 bits per heavy atom. The first-order valence-corrected chi connectivity index (χ1v) is 41.8. The van der Waals surface area contributed by atoms with Crippen molar-refractivity contribution in [3.8, 4) is 0 Å². The van der Waals surface area contributed by atoms with E-state index < -0.39 is 97.5 Å². The summed E-state index contributed by atoms with van der Waals surface area (Å²) in [5, 5.41) is 10.6. The first-order chi connectivity index (χ1) is 47.7. The maximum absolute atomic E-state index is 13.1. The SMILES string of the molecule is CC/C=C\C/C=C\C/C=C\C/C=C\C/C=C\CCCC(=O)OCC(COP(=O)(O)OCC(O)COP(=O)(O)OCC(COC(=O)CCCCCCC/C=C\C/C=C\CCCCC)OC(=O)CCCCCCCCCCCCCCC)OC(=O)CCCCCCCCCCCCCCC. The van der Waals surface area contributed by atoms with Crippen molar-refractivity contribution in [2.24, 2.45) is 0 Å². The molecule has 0 aromatic rings. The van der Waals surface area contributed by atoms with E-state index in [9.17, 15) is 43.2 Å². The quantitative estimate of drug-likeness (QED) is 0.0169. The summed E-state index contributed by atoms with van der Waals surface area (Å²) in [4.78, 5) is 72.8. The lowest BCUT2D eigenvalue weighted by Gasteiger charge is -2.21. The molecule has 0 saturated heterocycles. The lowest BCUT2D eigenvalue weighted by molar-refractivity contribution is -0.161. The summed E-state index contributed by atoms with van der Waals surface area (Å²) < 4.78 is 68.4. The van der Waals surface area contributed by atoms with Crippen molar-refractivity contribution in [3.05, 3.63) is 85.1 Å². The van der Waals surface area contributed by atoms with Crippen LogP contribution in [0.15, 0.2) is 85.1 Å². The van der Waals surface area contributed by atoms with Gasteiger partial charge < -0.3 is 33.8 Å². The molecule has 5 unspecified atom stereocenters. The minimum atomic E-state index is -4.98. The molecule has 5 atom stereocenters. The van der Waals surface area contributed by atoms with E-state index >= 15 is 0 Å². The Hall–Kier alpha value is -3.76. The number of aliphatic hydroxyl groups excluding tert-OH is 1. The molecule has 0 bridgehead atoms. The number of carbonyl (C=O) groups excluding carboxylic acids is 4. The molecule has 0 saturated carbocycles. The van der Waals surface area contributed by atoms with Gasteiger partial charge in [-0.3, -0.25) is 37.3 Å². The third kappa shape index (κ3) is 70.7. The summed E-state index contributed by atoms with van der Waals surface area (Å²) in [7, 11) is -9.95.